The largest absolute Gasteiger partial charge is 0.378 e. The quantitative estimate of drug-likeness (QED) is 0.0290. The van der Waals surface area contributed by atoms with Crippen molar-refractivity contribution in [2.24, 2.45) is 101 Å². The Morgan fingerprint density at radius 3 is 0.700 bits per heavy atom. The maximum atomic E-state index is 7.85. The van der Waals surface area contributed by atoms with E-state index in [4.69, 9.17) is 59.2 Å². The molecule has 0 aromatic carbocycles. The monoisotopic (exact) mass is 1400 g/mol. The summed E-state index contributed by atoms with van der Waals surface area (Å²) in [5, 5.41) is 42.0. The number of nitrogens with one attached hydrogen (secondary N) is 9. The van der Waals surface area contributed by atoms with Crippen molar-refractivity contribution in [2.45, 2.75) is 365 Å². The number of piperidine rings is 1. The molecule has 0 amide bonds. The summed E-state index contributed by atoms with van der Waals surface area (Å²) in [6.45, 7) is 26.1. The molecule has 100 heavy (non-hydrogen) atoms. The highest BCUT2D eigenvalue weighted by atomic mass is 16.5. The van der Waals surface area contributed by atoms with Gasteiger partial charge in [0.1, 0.15) is 0 Å². The van der Waals surface area contributed by atoms with E-state index in [9.17, 15) is 0 Å². The Labute approximate surface area is 607 Å². The highest BCUT2D eigenvalue weighted by Crippen LogP contribution is 2.60. The SMILES string of the molecule is CCCCOC1C2CCCCC2C(OCCCC)C2C3NC(NC4NC(NC5NC(NC6NC(N3)C3C(OCCCC)C7CC8CCCCC8CC7C(OCCCC)C63)C3C(OCCCC)C6NCCCC6C(OCCCC)C53)C3C(OCCCC)C5CCCCC5C(OCCCC)C43)C12. The molecule has 8 saturated carbocycles. The fourth-order valence-corrected chi connectivity index (χ4v) is 25.1. The van der Waals surface area contributed by atoms with E-state index in [2.05, 4.69) is 82.0 Å². The average molecular weight is 1400 g/mol. The van der Waals surface area contributed by atoms with E-state index in [1.54, 1.807) is 0 Å². The summed E-state index contributed by atoms with van der Waals surface area (Å²) < 4.78 is 61.9. The molecule has 574 valence electrons. The van der Waals surface area contributed by atoms with Gasteiger partial charge in [-0.3, -0.25) is 42.5 Å². The Morgan fingerprint density at radius 1 is 0.230 bits per heavy atom. The summed E-state index contributed by atoms with van der Waals surface area (Å²) in [5.41, 5.74) is 0. The third-order valence-electron chi connectivity index (χ3n) is 29.6. The van der Waals surface area contributed by atoms with Crippen LogP contribution in [0.25, 0.3) is 0 Å². The van der Waals surface area contributed by atoms with Crippen LogP contribution in [0.4, 0.5) is 0 Å². The molecule has 0 spiro atoms. The molecule has 0 aromatic heterocycles. The van der Waals surface area contributed by atoms with Crippen LogP contribution in [0.15, 0.2) is 0 Å². The molecular formula is C83H149N9O8. The number of rotatable bonds is 32. The molecule has 14 aliphatic rings. The Bertz CT molecular complexity index is 2270. The van der Waals surface area contributed by atoms with Crippen LogP contribution < -0.4 is 47.9 Å². The summed E-state index contributed by atoms with van der Waals surface area (Å²) in [4.78, 5) is 0. The third kappa shape index (κ3) is 15.8. The zero-order chi connectivity index (χ0) is 68.6. The molecule has 34 unspecified atom stereocenters. The van der Waals surface area contributed by atoms with E-state index in [0.717, 1.165) is 187 Å². The Balaban J connectivity index is 0.960. The van der Waals surface area contributed by atoms with Gasteiger partial charge < -0.3 is 43.2 Å². The normalized spacial score (nSPS) is 47.0. The van der Waals surface area contributed by atoms with Crippen LogP contribution in [-0.2, 0) is 37.9 Å². The number of ether oxygens (including phenoxy) is 8. The molecule has 14 fully saturated rings. The van der Waals surface area contributed by atoms with Crippen LogP contribution in [0.1, 0.15) is 261 Å². The van der Waals surface area contributed by atoms with Crippen molar-refractivity contribution in [1.82, 2.24) is 47.9 Å². The molecule has 6 aliphatic heterocycles. The lowest BCUT2D eigenvalue weighted by atomic mass is 9.54. The second kappa shape index (κ2) is 36.7. The van der Waals surface area contributed by atoms with Gasteiger partial charge in [0, 0.05) is 112 Å². The van der Waals surface area contributed by atoms with Gasteiger partial charge in [-0.15, -0.1) is 0 Å². The first kappa shape index (κ1) is 76.1. The van der Waals surface area contributed by atoms with Crippen molar-refractivity contribution in [3.05, 3.63) is 0 Å². The van der Waals surface area contributed by atoms with Gasteiger partial charge in [0.2, 0.25) is 0 Å². The van der Waals surface area contributed by atoms with Crippen molar-refractivity contribution >= 4 is 0 Å². The van der Waals surface area contributed by atoms with E-state index < -0.39 is 0 Å². The van der Waals surface area contributed by atoms with Crippen molar-refractivity contribution in [2.75, 3.05) is 59.4 Å². The van der Waals surface area contributed by atoms with Gasteiger partial charge in [-0.05, 0) is 157 Å². The van der Waals surface area contributed by atoms with Gasteiger partial charge >= 0.3 is 0 Å². The van der Waals surface area contributed by atoms with Gasteiger partial charge in [-0.2, -0.15) is 0 Å². The van der Waals surface area contributed by atoms with Gasteiger partial charge in [0.25, 0.3) is 0 Å². The smallest absolute Gasteiger partial charge is 0.0792 e. The molecular weight excluding hydrogens is 1250 g/mol. The second-order valence-electron chi connectivity index (χ2n) is 35.4. The summed E-state index contributed by atoms with van der Waals surface area (Å²) in [6, 6.07) is 0.191. The fourth-order valence-electron chi connectivity index (χ4n) is 25.1. The van der Waals surface area contributed by atoms with E-state index in [1.165, 1.54) is 89.9 Å². The van der Waals surface area contributed by atoms with Crippen LogP contribution in [0.5, 0.6) is 0 Å². The molecule has 6 saturated heterocycles. The number of fused-ring (bicyclic) bond motifs is 25. The Hall–Kier alpha value is -0.680. The van der Waals surface area contributed by atoms with Crippen molar-refractivity contribution in [3.63, 3.8) is 0 Å². The van der Waals surface area contributed by atoms with Crippen LogP contribution in [0, 0.1) is 101 Å². The van der Waals surface area contributed by atoms with Gasteiger partial charge in [0.15, 0.2) is 0 Å². The lowest BCUT2D eigenvalue weighted by Gasteiger charge is -2.56. The number of hydrogen-bond acceptors (Lipinski definition) is 17. The minimum Gasteiger partial charge on any atom is -0.378 e. The van der Waals surface area contributed by atoms with Gasteiger partial charge in [0.05, 0.1) is 98.2 Å². The first-order valence-electron chi connectivity index (χ1n) is 44.1. The molecule has 0 radical (unpaired) electrons. The molecule has 8 bridgehead atoms. The summed E-state index contributed by atoms with van der Waals surface area (Å²) in [5.74, 6) is 5.56. The van der Waals surface area contributed by atoms with Crippen molar-refractivity contribution in [1.29, 1.82) is 0 Å². The molecule has 17 heteroatoms. The zero-order valence-electron chi connectivity index (χ0n) is 64.4. The van der Waals surface area contributed by atoms with Crippen LogP contribution >= 0.6 is 0 Å². The standard InChI is InChI=1S/C83H149N9O8/c1-9-17-40-93-68-52-34-27-29-36-54(52)70(95-42-19-11-3)61-59(68)76-85-77-60-62(71(96-43-20-12-4)55-37-30-28-35-53(55)69(60)94-41-18-10-2)79(87-77)89-82-65-66(75(100-47-24-16-8)67-56(38-31-39-84-67)72(65)97-44-21-13-5)83(92-82)91-81-64-63(80(90-81)88-78(61)86-76)73(98-45-22-14-6)57-48-50-32-25-26-33-51(50)49-58(57)74(64)99-46-23-15-7/h50-92H,9-49H2,1-8H3. The summed E-state index contributed by atoms with van der Waals surface area (Å²) >= 11 is 0. The van der Waals surface area contributed by atoms with Crippen LogP contribution in [0.3, 0.4) is 0 Å². The lowest BCUT2D eigenvalue weighted by Crippen LogP contribution is -2.68. The average Bonchev–Trinajstić information content (AvgIpc) is 1.53. The predicted molar refractivity (Wildman–Crippen MR) is 398 cm³/mol. The topological polar surface area (TPSA) is 182 Å². The third-order valence-corrected chi connectivity index (χ3v) is 29.6. The fraction of sp³-hybridized carbons (Fsp3) is 1.00. The first-order valence-corrected chi connectivity index (χ1v) is 44.1. The zero-order valence-corrected chi connectivity index (χ0v) is 64.4. The molecule has 9 N–H and O–H groups in total. The van der Waals surface area contributed by atoms with Crippen LogP contribution in [-0.4, -0.2) is 164 Å². The number of unbranched alkanes of at least 4 members (excludes halogenated alkanes) is 8. The van der Waals surface area contributed by atoms with E-state index in [1.807, 2.05) is 0 Å². The maximum Gasteiger partial charge on any atom is 0.0792 e. The highest BCUT2D eigenvalue weighted by Gasteiger charge is 2.69. The minimum absolute atomic E-state index is 0.0151. The number of hydrogen-bond donors (Lipinski definition) is 9. The van der Waals surface area contributed by atoms with Gasteiger partial charge in [-0.1, -0.05) is 158 Å². The van der Waals surface area contributed by atoms with Crippen molar-refractivity contribution < 1.29 is 37.9 Å². The Morgan fingerprint density at radius 2 is 0.440 bits per heavy atom. The van der Waals surface area contributed by atoms with E-state index >= 15 is 0 Å². The summed E-state index contributed by atoms with van der Waals surface area (Å²) in [6.07, 6.45) is 37.6. The van der Waals surface area contributed by atoms with Crippen molar-refractivity contribution in [3.8, 4) is 0 Å². The molecule has 34 atom stereocenters. The van der Waals surface area contributed by atoms with Gasteiger partial charge in [-0.25, -0.2) is 0 Å². The van der Waals surface area contributed by atoms with E-state index in [0.29, 0.717) is 41.4 Å². The lowest BCUT2D eigenvalue weighted by molar-refractivity contribution is -0.188. The van der Waals surface area contributed by atoms with E-state index in [-0.39, 0.29) is 152 Å². The molecule has 14 rings (SSSR count). The second-order valence-corrected chi connectivity index (χ2v) is 35.4. The summed E-state index contributed by atoms with van der Waals surface area (Å²) in [7, 11) is 0. The molecule has 17 nitrogen and oxygen atoms in total. The first-order chi connectivity index (χ1) is 49.4. The molecule has 8 aliphatic carbocycles. The highest BCUT2D eigenvalue weighted by molar-refractivity contribution is 5.20. The molecule has 0 aromatic rings. The Kier molecular flexibility index (Phi) is 27.9. The predicted octanol–water partition coefficient (Wildman–Crippen LogP) is 12.7. The molecule has 6 heterocycles. The van der Waals surface area contributed by atoms with Crippen LogP contribution in [0.2, 0.25) is 0 Å². The maximum absolute atomic E-state index is 7.85. The minimum atomic E-state index is -0.109.